The summed E-state index contributed by atoms with van der Waals surface area (Å²) in [4.78, 5) is 26.9. The minimum Gasteiger partial charge on any atom is -0.497 e. The molecule has 1 aromatic carbocycles. The molecule has 1 saturated heterocycles. The van der Waals surface area contributed by atoms with E-state index < -0.39 is 0 Å². The summed E-state index contributed by atoms with van der Waals surface area (Å²) in [5, 5.41) is 8.09. The first-order valence-corrected chi connectivity index (χ1v) is 10.1. The summed E-state index contributed by atoms with van der Waals surface area (Å²) in [5.41, 5.74) is 0.638. The fourth-order valence-corrected chi connectivity index (χ4v) is 3.89. The summed E-state index contributed by atoms with van der Waals surface area (Å²) in [6.07, 6.45) is 1.77. The number of ether oxygens (including phenoxy) is 1. The Morgan fingerprint density at radius 1 is 1.19 bits per heavy atom. The molecule has 2 heterocycles. The van der Waals surface area contributed by atoms with Crippen molar-refractivity contribution in [3.63, 3.8) is 0 Å². The van der Waals surface area contributed by atoms with Crippen LogP contribution in [0.2, 0.25) is 0 Å². The van der Waals surface area contributed by atoms with E-state index in [1.54, 1.807) is 42.7 Å². The minimum absolute atomic E-state index is 0.0557. The third-order valence-corrected chi connectivity index (χ3v) is 5.71. The first kappa shape index (κ1) is 19.4. The monoisotopic (exact) mass is 388 g/mol. The van der Waals surface area contributed by atoms with E-state index in [0.29, 0.717) is 18.7 Å². The highest BCUT2D eigenvalue weighted by Crippen LogP contribution is 2.12. The van der Waals surface area contributed by atoms with Crippen molar-refractivity contribution in [2.24, 2.45) is 0 Å². The highest BCUT2D eigenvalue weighted by atomic mass is 32.1. The molecule has 3 N–H and O–H groups in total. The van der Waals surface area contributed by atoms with Gasteiger partial charge in [0.05, 0.1) is 26.7 Å². The zero-order chi connectivity index (χ0) is 19.1. The van der Waals surface area contributed by atoms with Crippen molar-refractivity contribution in [2.75, 3.05) is 26.7 Å². The van der Waals surface area contributed by atoms with E-state index in [4.69, 9.17) is 4.74 Å². The van der Waals surface area contributed by atoms with E-state index in [2.05, 4.69) is 10.6 Å². The van der Waals surface area contributed by atoms with Gasteiger partial charge in [-0.1, -0.05) is 6.07 Å². The lowest BCUT2D eigenvalue weighted by Crippen LogP contribution is -3.14. The Morgan fingerprint density at radius 3 is 2.56 bits per heavy atom. The van der Waals surface area contributed by atoms with Crippen LogP contribution in [0.1, 0.15) is 28.1 Å². The molecule has 1 aliphatic rings. The molecule has 3 rings (SSSR count). The van der Waals surface area contributed by atoms with E-state index in [-0.39, 0.29) is 17.9 Å². The van der Waals surface area contributed by atoms with Crippen LogP contribution < -0.4 is 20.3 Å². The molecule has 1 fully saturated rings. The molecule has 0 bridgehead atoms. The predicted octanol–water partition coefficient (Wildman–Crippen LogP) is 0.850. The quantitative estimate of drug-likeness (QED) is 0.659. The number of nitrogens with one attached hydrogen (secondary N) is 3. The van der Waals surface area contributed by atoms with Crippen LogP contribution in [-0.4, -0.2) is 44.6 Å². The number of hydrogen-bond acceptors (Lipinski definition) is 4. The van der Waals surface area contributed by atoms with Crippen LogP contribution in [0.15, 0.2) is 41.8 Å². The molecule has 1 aromatic heterocycles. The number of quaternary nitrogens is 1. The SMILES string of the molecule is COc1ccc(C(=O)NC2CC[NH+](CC(=O)NCc3cccs3)CC2)cc1. The molecule has 0 unspecified atom stereocenters. The second-order valence-electron chi connectivity index (χ2n) is 6.76. The van der Waals surface area contributed by atoms with Crippen molar-refractivity contribution >= 4 is 23.2 Å². The van der Waals surface area contributed by atoms with E-state index in [1.165, 1.54) is 9.78 Å². The Bertz CT molecular complexity index is 738. The molecule has 6 nitrogen and oxygen atoms in total. The number of hydrogen-bond donors (Lipinski definition) is 3. The van der Waals surface area contributed by atoms with Gasteiger partial charge in [-0.05, 0) is 35.7 Å². The summed E-state index contributed by atoms with van der Waals surface area (Å²) in [6.45, 7) is 2.87. The molecule has 27 heavy (non-hydrogen) atoms. The van der Waals surface area contributed by atoms with Crippen molar-refractivity contribution < 1.29 is 19.2 Å². The second kappa shape index (κ2) is 9.53. The molecule has 0 radical (unpaired) electrons. The summed E-state index contributed by atoms with van der Waals surface area (Å²) >= 11 is 1.65. The molecule has 0 spiro atoms. The van der Waals surface area contributed by atoms with Crippen molar-refractivity contribution in [2.45, 2.75) is 25.4 Å². The second-order valence-corrected chi connectivity index (χ2v) is 7.79. The van der Waals surface area contributed by atoms with Gasteiger partial charge in [0, 0.05) is 29.3 Å². The first-order valence-electron chi connectivity index (χ1n) is 9.21. The fourth-order valence-electron chi connectivity index (χ4n) is 3.25. The van der Waals surface area contributed by atoms with E-state index in [0.717, 1.165) is 31.7 Å². The van der Waals surface area contributed by atoms with Crippen LogP contribution in [-0.2, 0) is 11.3 Å². The molecular weight excluding hydrogens is 362 g/mol. The average molecular weight is 389 g/mol. The molecule has 2 aromatic rings. The van der Waals surface area contributed by atoms with Crippen LogP contribution in [0.5, 0.6) is 5.75 Å². The Kier molecular flexibility index (Phi) is 6.84. The summed E-state index contributed by atoms with van der Waals surface area (Å²) < 4.78 is 5.11. The highest BCUT2D eigenvalue weighted by molar-refractivity contribution is 7.09. The summed E-state index contributed by atoms with van der Waals surface area (Å²) in [5.74, 6) is 0.764. The molecule has 0 atom stereocenters. The molecule has 0 aliphatic carbocycles. The number of carbonyl (C=O) groups is 2. The first-order chi connectivity index (χ1) is 13.1. The van der Waals surface area contributed by atoms with Gasteiger partial charge >= 0.3 is 0 Å². The number of amides is 2. The van der Waals surface area contributed by atoms with E-state index in [9.17, 15) is 9.59 Å². The number of likely N-dealkylation sites (tertiary alicyclic amines) is 1. The maximum atomic E-state index is 12.3. The van der Waals surface area contributed by atoms with Crippen LogP contribution in [0.3, 0.4) is 0 Å². The van der Waals surface area contributed by atoms with Crippen molar-refractivity contribution in [1.29, 1.82) is 0 Å². The van der Waals surface area contributed by atoms with Gasteiger partial charge in [0.1, 0.15) is 5.75 Å². The zero-order valence-electron chi connectivity index (χ0n) is 15.5. The smallest absolute Gasteiger partial charge is 0.275 e. The van der Waals surface area contributed by atoms with Gasteiger partial charge in [0.15, 0.2) is 6.54 Å². The van der Waals surface area contributed by atoms with Crippen LogP contribution in [0.4, 0.5) is 0 Å². The van der Waals surface area contributed by atoms with Gasteiger partial charge in [0.2, 0.25) is 0 Å². The Hall–Kier alpha value is -2.38. The lowest BCUT2D eigenvalue weighted by atomic mass is 10.0. The van der Waals surface area contributed by atoms with Crippen LogP contribution in [0.25, 0.3) is 0 Å². The molecule has 7 heteroatoms. The maximum absolute atomic E-state index is 12.3. The standard InChI is InChI=1S/C20H25N3O3S/c1-26-17-6-4-15(5-7-17)20(25)22-16-8-10-23(11-9-16)14-19(24)21-13-18-3-2-12-27-18/h2-7,12,16H,8-11,13-14H2,1H3,(H,21,24)(H,22,25)/p+1. The topological polar surface area (TPSA) is 71.9 Å². The predicted molar refractivity (Wildman–Crippen MR) is 105 cm³/mol. The molecule has 144 valence electrons. The summed E-state index contributed by atoms with van der Waals surface area (Å²) in [7, 11) is 1.60. The third-order valence-electron chi connectivity index (χ3n) is 4.83. The summed E-state index contributed by atoms with van der Waals surface area (Å²) in [6, 6.07) is 11.3. The number of methoxy groups -OCH3 is 1. The number of benzene rings is 1. The number of rotatable bonds is 7. The van der Waals surface area contributed by atoms with Gasteiger partial charge in [-0.15, -0.1) is 11.3 Å². The Labute approximate surface area is 163 Å². The van der Waals surface area contributed by atoms with Gasteiger partial charge in [-0.2, -0.15) is 0 Å². The lowest BCUT2D eigenvalue weighted by Gasteiger charge is -2.29. The number of thiophene rings is 1. The Morgan fingerprint density at radius 2 is 1.93 bits per heavy atom. The van der Waals surface area contributed by atoms with Gasteiger partial charge < -0.3 is 20.3 Å². The highest BCUT2D eigenvalue weighted by Gasteiger charge is 2.25. The zero-order valence-corrected chi connectivity index (χ0v) is 16.3. The minimum atomic E-state index is -0.0557. The molecule has 2 amide bonds. The molecule has 0 saturated carbocycles. The molecule has 1 aliphatic heterocycles. The van der Waals surface area contributed by atoms with Crippen molar-refractivity contribution in [3.8, 4) is 5.75 Å². The number of carbonyl (C=O) groups excluding carboxylic acids is 2. The molecular formula is C20H26N3O3S+. The lowest BCUT2D eigenvalue weighted by molar-refractivity contribution is -0.897. The van der Waals surface area contributed by atoms with Crippen molar-refractivity contribution in [1.82, 2.24) is 10.6 Å². The Balaban J connectivity index is 1.37. The van der Waals surface area contributed by atoms with E-state index in [1.807, 2.05) is 17.5 Å². The van der Waals surface area contributed by atoms with Crippen LogP contribution in [0, 0.1) is 0 Å². The van der Waals surface area contributed by atoms with Crippen LogP contribution >= 0.6 is 11.3 Å². The van der Waals surface area contributed by atoms with Gasteiger partial charge in [-0.25, -0.2) is 0 Å². The third kappa shape index (κ3) is 5.80. The van der Waals surface area contributed by atoms with Crippen molar-refractivity contribution in [3.05, 3.63) is 52.2 Å². The average Bonchev–Trinajstić information content (AvgIpc) is 3.21. The van der Waals surface area contributed by atoms with E-state index >= 15 is 0 Å². The maximum Gasteiger partial charge on any atom is 0.275 e. The fraction of sp³-hybridized carbons (Fsp3) is 0.400. The largest absolute Gasteiger partial charge is 0.497 e. The van der Waals surface area contributed by atoms with Gasteiger partial charge in [0.25, 0.3) is 11.8 Å². The number of piperidine rings is 1. The van der Waals surface area contributed by atoms with Gasteiger partial charge in [-0.3, -0.25) is 9.59 Å². The normalized spacial score (nSPS) is 19.3.